The Labute approximate surface area is 146 Å². The van der Waals surface area contributed by atoms with Crippen molar-refractivity contribution in [2.45, 2.75) is 18.9 Å². The zero-order chi connectivity index (χ0) is 17.1. The molecular weight excluding hydrogens is 312 g/mol. The molecule has 128 valence electrons. The van der Waals surface area contributed by atoms with Gasteiger partial charge in [-0.15, -0.1) is 0 Å². The van der Waals surface area contributed by atoms with Crippen LogP contribution >= 0.6 is 0 Å². The van der Waals surface area contributed by atoms with E-state index >= 15 is 0 Å². The Bertz CT molecular complexity index is 866. The van der Waals surface area contributed by atoms with Gasteiger partial charge in [-0.25, -0.2) is 0 Å². The van der Waals surface area contributed by atoms with Crippen molar-refractivity contribution in [2.75, 3.05) is 13.2 Å². The smallest absolute Gasteiger partial charge is 0.189 e. The molecule has 0 saturated carbocycles. The molecule has 1 aliphatic rings. The quantitative estimate of drug-likeness (QED) is 0.507. The Morgan fingerprint density at radius 1 is 1.20 bits per heavy atom. The first-order valence-corrected chi connectivity index (χ1v) is 8.64. The first-order chi connectivity index (χ1) is 12.3. The first-order valence-electron chi connectivity index (χ1n) is 8.64. The summed E-state index contributed by atoms with van der Waals surface area (Å²) >= 11 is 0. The van der Waals surface area contributed by atoms with Crippen LogP contribution in [-0.2, 0) is 6.42 Å². The van der Waals surface area contributed by atoms with E-state index in [4.69, 9.17) is 10.5 Å². The fourth-order valence-electron chi connectivity index (χ4n) is 3.28. The topological polar surface area (TPSA) is 75.4 Å². The van der Waals surface area contributed by atoms with Crippen molar-refractivity contribution in [3.8, 4) is 5.75 Å². The number of rotatable bonds is 4. The molecule has 1 atom stereocenters. The van der Waals surface area contributed by atoms with E-state index in [-0.39, 0.29) is 6.04 Å². The molecule has 0 fully saturated rings. The number of aliphatic imine (C=N–C) groups is 1. The Kier molecular flexibility index (Phi) is 4.29. The lowest BCUT2D eigenvalue weighted by molar-refractivity contribution is 0.262. The van der Waals surface area contributed by atoms with Crippen molar-refractivity contribution in [1.82, 2.24) is 10.3 Å². The van der Waals surface area contributed by atoms with E-state index < -0.39 is 0 Å². The monoisotopic (exact) mass is 334 g/mol. The molecule has 2 aromatic carbocycles. The molecule has 4 N–H and O–H groups in total. The van der Waals surface area contributed by atoms with Crippen molar-refractivity contribution in [3.63, 3.8) is 0 Å². The van der Waals surface area contributed by atoms with Crippen LogP contribution in [0.1, 0.15) is 23.7 Å². The molecule has 0 amide bonds. The van der Waals surface area contributed by atoms with Gasteiger partial charge in [-0.3, -0.25) is 4.99 Å². The number of nitrogens with zero attached hydrogens (tertiary/aromatic N) is 1. The van der Waals surface area contributed by atoms with Gasteiger partial charge in [-0.05, 0) is 23.6 Å². The van der Waals surface area contributed by atoms with E-state index in [9.17, 15) is 0 Å². The number of hydrogen-bond acceptors (Lipinski definition) is 2. The van der Waals surface area contributed by atoms with Crippen LogP contribution in [0, 0.1) is 0 Å². The summed E-state index contributed by atoms with van der Waals surface area (Å²) in [4.78, 5) is 7.90. The number of nitrogens with one attached hydrogen (secondary N) is 2. The number of guanidine groups is 1. The number of aromatic amines is 1. The second-order valence-corrected chi connectivity index (χ2v) is 6.27. The van der Waals surface area contributed by atoms with Gasteiger partial charge in [-0.1, -0.05) is 36.4 Å². The predicted octanol–water partition coefficient (Wildman–Crippen LogP) is 3.14. The van der Waals surface area contributed by atoms with Crippen LogP contribution in [-0.4, -0.2) is 24.1 Å². The summed E-state index contributed by atoms with van der Waals surface area (Å²) in [5.74, 6) is 1.41. The van der Waals surface area contributed by atoms with Crippen LogP contribution in [0.5, 0.6) is 5.75 Å². The lowest BCUT2D eigenvalue weighted by Gasteiger charge is -2.26. The van der Waals surface area contributed by atoms with Gasteiger partial charge in [0.25, 0.3) is 0 Å². The number of H-pyrrole nitrogens is 1. The molecule has 0 radical (unpaired) electrons. The number of benzene rings is 2. The number of hydrogen-bond donors (Lipinski definition) is 3. The largest absolute Gasteiger partial charge is 0.493 e. The van der Waals surface area contributed by atoms with Gasteiger partial charge in [0, 0.05) is 36.2 Å². The summed E-state index contributed by atoms with van der Waals surface area (Å²) in [6.07, 6.45) is 1.72. The zero-order valence-electron chi connectivity index (χ0n) is 14.0. The highest BCUT2D eigenvalue weighted by Gasteiger charge is 2.21. The molecule has 1 aromatic heterocycles. The average molecular weight is 334 g/mol. The van der Waals surface area contributed by atoms with Crippen LogP contribution in [0.25, 0.3) is 10.9 Å². The maximum atomic E-state index is 6.09. The normalized spacial score (nSPS) is 17.1. The Hall–Kier alpha value is -2.95. The molecule has 1 unspecified atom stereocenters. The van der Waals surface area contributed by atoms with Crippen LogP contribution in [0.2, 0.25) is 0 Å². The molecule has 25 heavy (non-hydrogen) atoms. The molecule has 5 nitrogen and oxygen atoms in total. The molecule has 0 bridgehead atoms. The van der Waals surface area contributed by atoms with Crippen molar-refractivity contribution in [3.05, 3.63) is 65.9 Å². The summed E-state index contributed by atoms with van der Waals surface area (Å²) in [5.41, 5.74) is 9.56. The van der Waals surface area contributed by atoms with Crippen LogP contribution in [0.15, 0.2) is 59.6 Å². The fraction of sp³-hybridized carbons (Fsp3) is 0.250. The lowest BCUT2D eigenvalue weighted by Crippen LogP contribution is -2.37. The summed E-state index contributed by atoms with van der Waals surface area (Å²) in [6.45, 7) is 1.34. The molecule has 4 rings (SSSR count). The van der Waals surface area contributed by atoms with Gasteiger partial charge in [0.15, 0.2) is 5.96 Å². The third-order valence-corrected chi connectivity index (χ3v) is 4.53. The number of ether oxygens (including phenoxy) is 1. The number of aromatic nitrogens is 1. The number of para-hydroxylation sites is 2. The third kappa shape index (κ3) is 3.45. The maximum Gasteiger partial charge on any atom is 0.189 e. The standard InChI is InChI=1S/C20H22N4O/c21-20(24-18-10-12-25-19-8-4-2-6-16(18)19)22-11-9-15-13-14-5-1-3-7-17(14)23-15/h1-8,13,18,23H,9-12H2,(H3,21,22,24). The minimum Gasteiger partial charge on any atom is -0.493 e. The molecular formula is C20H22N4O. The summed E-state index contributed by atoms with van der Waals surface area (Å²) in [7, 11) is 0. The highest BCUT2D eigenvalue weighted by Crippen LogP contribution is 2.31. The van der Waals surface area contributed by atoms with Crippen LogP contribution < -0.4 is 15.8 Å². The van der Waals surface area contributed by atoms with Gasteiger partial charge in [0.2, 0.25) is 0 Å². The highest BCUT2D eigenvalue weighted by molar-refractivity contribution is 5.80. The molecule has 5 heteroatoms. The summed E-state index contributed by atoms with van der Waals surface area (Å²) in [6, 6.07) is 18.7. The minimum atomic E-state index is 0.154. The van der Waals surface area contributed by atoms with Gasteiger partial charge in [0.05, 0.1) is 12.6 Å². The Morgan fingerprint density at radius 2 is 2.04 bits per heavy atom. The molecule has 0 saturated heterocycles. The average Bonchev–Trinajstić information content (AvgIpc) is 3.05. The first kappa shape index (κ1) is 15.6. The van der Waals surface area contributed by atoms with Crippen molar-refractivity contribution in [2.24, 2.45) is 10.7 Å². The second kappa shape index (κ2) is 6.89. The van der Waals surface area contributed by atoms with Crippen molar-refractivity contribution < 1.29 is 4.74 Å². The van der Waals surface area contributed by atoms with Gasteiger partial charge >= 0.3 is 0 Å². The van der Waals surface area contributed by atoms with E-state index in [1.54, 1.807) is 0 Å². The summed E-state index contributed by atoms with van der Waals surface area (Å²) < 4.78 is 5.68. The van der Waals surface area contributed by atoms with E-state index in [1.807, 2.05) is 30.3 Å². The SMILES string of the molecule is NC(=NCCc1cc2ccccc2[nH]1)NC1CCOc2ccccc21. The van der Waals surface area contributed by atoms with Crippen molar-refractivity contribution in [1.29, 1.82) is 0 Å². The molecule has 0 aliphatic carbocycles. The molecule has 2 heterocycles. The predicted molar refractivity (Wildman–Crippen MR) is 101 cm³/mol. The van der Waals surface area contributed by atoms with Gasteiger partial charge in [0.1, 0.15) is 5.75 Å². The van der Waals surface area contributed by atoms with Crippen LogP contribution in [0.4, 0.5) is 0 Å². The van der Waals surface area contributed by atoms with E-state index in [2.05, 4.69) is 39.6 Å². The zero-order valence-corrected chi connectivity index (χ0v) is 14.0. The number of fused-ring (bicyclic) bond motifs is 2. The Morgan fingerprint density at radius 3 is 2.96 bits per heavy atom. The third-order valence-electron chi connectivity index (χ3n) is 4.53. The fourth-order valence-corrected chi connectivity index (χ4v) is 3.28. The van der Waals surface area contributed by atoms with E-state index in [1.165, 1.54) is 11.1 Å². The van der Waals surface area contributed by atoms with Gasteiger partial charge in [-0.2, -0.15) is 0 Å². The molecule has 1 aliphatic heterocycles. The van der Waals surface area contributed by atoms with Crippen LogP contribution in [0.3, 0.4) is 0 Å². The van der Waals surface area contributed by atoms with E-state index in [0.717, 1.165) is 29.7 Å². The summed E-state index contributed by atoms with van der Waals surface area (Å²) in [5, 5.41) is 4.55. The minimum absolute atomic E-state index is 0.154. The Balaban J connectivity index is 1.37. The highest BCUT2D eigenvalue weighted by atomic mass is 16.5. The lowest BCUT2D eigenvalue weighted by atomic mass is 10.0. The van der Waals surface area contributed by atoms with E-state index in [0.29, 0.717) is 19.1 Å². The molecule has 0 spiro atoms. The van der Waals surface area contributed by atoms with Gasteiger partial charge < -0.3 is 20.8 Å². The maximum absolute atomic E-state index is 6.09. The molecule has 3 aromatic rings. The number of nitrogens with two attached hydrogens (primary N) is 1. The van der Waals surface area contributed by atoms with Crippen molar-refractivity contribution >= 4 is 16.9 Å². The second-order valence-electron chi connectivity index (χ2n) is 6.27.